The van der Waals surface area contributed by atoms with Gasteiger partial charge in [0.15, 0.2) is 0 Å². The molecule has 1 amide bonds. The quantitative estimate of drug-likeness (QED) is 0.753. The highest BCUT2D eigenvalue weighted by Crippen LogP contribution is 2.20. The van der Waals surface area contributed by atoms with Gasteiger partial charge in [-0.1, -0.05) is 13.8 Å². The van der Waals surface area contributed by atoms with Gasteiger partial charge in [0.1, 0.15) is 11.1 Å². The van der Waals surface area contributed by atoms with E-state index in [2.05, 4.69) is 17.9 Å². The monoisotopic (exact) mass is 247 g/mol. The first-order chi connectivity index (χ1) is 6.99. The predicted octanol–water partition coefficient (Wildman–Crippen LogP) is 2.38. The lowest BCUT2D eigenvalue weighted by molar-refractivity contribution is -0.117. The molecule has 5 heteroatoms. The number of carbonyl (C=O) groups excluding carboxylic acids is 2. The summed E-state index contributed by atoms with van der Waals surface area (Å²) in [5.41, 5.74) is -1.59. The molecule has 0 aromatic carbocycles. The number of hydrogen-bond acceptors (Lipinski definition) is 3. The molecule has 0 rings (SSSR count). The molecule has 0 heterocycles. The molecule has 0 saturated heterocycles. The highest BCUT2D eigenvalue weighted by Gasteiger charge is 2.37. The van der Waals surface area contributed by atoms with Crippen molar-refractivity contribution in [3.05, 3.63) is 0 Å². The standard InChI is InChI=1S/C11H21NO3S/c1-7(2)11(6,8(13)16)12-9(14)15-10(3,4)5/h7H,1-6H3,(H,12,14)(H,13,16). The fourth-order valence-corrected chi connectivity index (χ4v) is 1.27. The van der Waals surface area contributed by atoms with Gasteiger partial charge in [0.2, 0.25) is 5.12 Å². The van der Waals surface area contributed by atoms with Crippen molar-refractivity contribution in [2.45, 2.75) is 52.7 Å². The normalized spacial score (nSPS) is 15.5. The summed E-state index contributed by atoms with van der Waals surface area (Å²) >= 11 is 3.79. The molecule has 1 atom stereocenters. The van der Waals surface area contributed by atoms with Gasteiger partial charge in [0.25, 0.3) is 0 Å². The Kier molecular flexibility index (Phi) is 4.85. The zero-order valence-corrected chi connectivity index (χ0v) is 11.6. The number of amides is 1. The zero-order valence-electron chi connectivity index (χ0n) is 10.7. The van der Waals surface area contributed by atoms with Crippen LogP contribution in [0.25, 0.3) is 0 Å². The van der Waals surface area contributed by atoms with E-state index >= 15 is 0 Å². The zero-order chi connectivity index (χ0) is 13.1. The second-order valence-electron chi connectivity index (χ2n) is 5.29. The molecular formula is C11H21NO3S. The molecule has 0 aromatic rings. The summed E-state index contributed by atoms with van der Waals surface area (Å²) in [5, 5.41) is 2.18. The molecule has 0 aliphatic heterocycles. The lowest BCUT2D eigenvalue weighted by atomic mass is 9.90. The molecule has 1 N–H and O–H groups in total. The van der Waals surface area contributed by atoms with Gasteiger partial charge in [0.05, 0.1) is 0 Å². The van der Waals surface area contributed by atoms with E-state index in [1.165, 1.54) is 0 Å². The van der Waals surface area contributed by atoms with E-state index in [-0.39, 0.29) is 11.0 Å². The smallest absolute Gasteiger partial charge is 0.408 e. The minimum absolute atomic E-state index is 0.0648. The minimum Gasteiger partial charge on any atom is -0.444 e. The van der Waals surface area contributed by atoms with Gasteiger partial charge >= 0.3 is 6.09 Å². The molecule has 0 aliphatic carbocycles. The number of rotatable bonds is 3. The molecule has 1 unspecified atom stereocenters. The largest absolute Gasteiger partial charge is 0.444 e. The molecule has 0 saturated carbocycles. The van der Waals surface area contributed by atoms with Crippen molar-refractivity contribution in [1.29, 1.82) is 0 Å². The molecule has 0 bridgehead atoms. The highest BCUT2D eigenvalue weighted by molar-refractivity contribution is 7.96. The summed E-state index contributed by atoms with van der Waals surface area (Å²) in [6, 6.07) is 0. The molecular weight excluding hydrogens is 226 g/mol. The maximum atomic E-state index is 11.6. The maximum Gasteiger partial charge on any atom is 0.408 e. The van der Waals surface area contributed by atoms with Crippen molar-refractivity contribution < 1.29 is 14.3 Å². The first-order valence-electron chi connectivity index (χ1n) is 5.23. The number of thiol groups is 1. The molecule has 0 aromatic heterocycles. The highest BCUT2D eigenvalue weighted by atomic mass is 32.1. The van der Waals surface area contributed by atoms with Crippen molar-refractivity contribution in [3.8, 4) is 0 Å². The van der Waals surface area contributed by atoms with E-state index in [1.54, 1.807) is 27.7 Å². The predicted molar refractivity (Wildman–Crippen MR) is 66.6 cm³/mol. The Morgan fingerprint density at radius 2 is 1.62 bits per heavy atom. The molecule has 0 radical (unpaired) electrons. The third kappa shape index (κ3) is 4.43. The van der Waals surface area contributed by atoms with Gasteiger partial charge in [-0.25, -0.2) is 4.79 Å². The van der Waals surface area contributed by atoms with Gasteiger partial charge in [0, 0.05) is 0 Å². The second-order valence-corrected chi connectivity index (χ2v) is 5.70. The van der Waals surface area contributed by atoms with Crippen LogP contribution in [0.3, 0.4) is 0 Å². The van der Waals surface area contributed by atoms with Crippen molar-refractivity contribution in [2.75, 3.05) is 0 Å². The Hall–Kier alpha value is -0.710. The number of nitrogens with one attached hydrogen (secondary N) is 1. The van der Waals surface area contributed by atoms with Gasteiger partial charge in [-0.15, -0.1) is 12.6 Å². The summed E-state index contributed by atoms with van der Waals surface area (Å²) in [7, 11) is 0. The van der Waals surface area contributed by atoms with Crippen LogP contribution >= 0.6 is 12.6 Å². The maximum absolute atomic E-state index is 11.6. The molecule has 0 aliphatic rings. The molecule has 94 valence electrons. The van der Waals surface area contributed by atoms with Gasteiger partial charge < -0.3 is 10.1 Å². The summed E-state index contributed by atoms with van der Waals surface area (Å²) in [4.78, 5) is 23.0. The van der Waals surface area contributed by atoms with Crippen molar-refractivity contribution in [1.82, 2.24) is 5.32 Å². The van der Waals surface area contributed by atoms with E-state index in [4.69, 9.17) is 4.74 Å². The summed E-state index contributed by atoms with van der Waals surface area (Å²) in [5.74, 6) is -0.0648. The van der Waals surface area contributed by atoms with Gasteiger partial charge in [-0.3, -0.25) is 4.79 Å². The Morgan fingerprint density at radius 3 is 1.88 bits per heavy atom. The van der Waals surface area contributed by atoms with Crippen LogP contribution in [0.4, 0.5) is 4.79 Å². The fraction of sp³-hybridized carbons (Fsp3) is 0.818. The summed E-state index contributed by atoms with van der Waals surface area (Å²) in [6.45, 7) is 10.6. The summed E-state index contributed by atoms with van der Waals surface area (Å²) < 4.78 is 5.10. The third-order valence-corrected chi connectivity index (χ3v) is 2.82. The average Bonchev–Trinajstić information content (AvgIpc) is 1.98. The number of alkyl carbamates (subject to hydrolysis) is 1. The number of ether oxygens (including phenoxy) is 1. The molecule has 4 nitrogen and oxygen atoms in total. The van der Waals surface area contributed by atoms with E-state index in [1.807, 2.05) is 13.8 Å². The van der Waals surface area contributed by atoms with Crippen LogP contribution in [-0.4, -0.2) is 22.3 Å². The van der Waals surface area contributed by atoms with E-state index in [9.17, 15) is 9.59 Å². The first kappa shape index (κ1) is 15.3. The van der Waals surface area contributed by atoms with Crippen LogP contribution < -0.4 is 5.32 Å². The number of carbonyl (C=O) groups is 2. The first-order valence-corrected chi connectivity index (χ1v) is 5.68. The Bertz CT molecular complexity index is 283. The van der Waals surface area contributed by atoms with E-state index < -0.39 is 17.2 Å². The van der Waals surface area contributed by atoms with Crippen LogP contribution in [0, 0.1) is 5.92 Å². The SMILES string of the molecule is CC(C)C(C)(NC(=O)OC(C)(C)C)C(=O)S. The third-order valence-electron chi connectivity index (χ3n) is 2.36. The van der Waals surface area contributed by atoms with Crippen LogP contribution in [0.2, 0.25) is 0 Å². The number of hydrogen-bond donors (Lipinski definition) is 2. The van der Waals surface area contributed by atoms with Crippen molar-refractivity contribution in [3.63, 3.8) is 0 Å². The lowest BCUT2D eigenvalue weighted by Crippen LogP contribution is -2.55. The minimum atomic E-state index is -1.01. The molecule has 0 fully saturated rings. The topological polar surface area (TPSA) is 55.4 Å². The van der Waals surface area contributed by atoms with Crippen molar-refractivity contribution in [2.24, 2.45) is 5.92 Å². The van der Waals surface area contributed by atoms with Crippen molar-refractivity contribution >= 4 is 23.8 Å². The van der Waals surface area contributed by atoms with Crippen LogP contribution in [-0.2, 0) is 9.53 Å². The molecule has 16 heavy (non-hydrogen) atoms. The van der Waals surface area contributed by atoms with Gasteiger partial charge in [-0.05, 0) is 33.6 Å². The van der Waals surface area contributed by atoms with Crippen LogP contribution in [0.5, 0.6) is 0 Å². The van der Waals surface area contributed by atoms with E-state index in [0.29, 0.717) is 0 Å². The Balaban J connectivity index is 4.68. The van der Waals surface area contributed by atoms with E-state index in [0.717, 1.165) is 0 Å². The van der Waals surface area contributed by atoms with Gasteiger partial charge in [-0.2, -0.15) is 0 Å². The molecule has 0 spiro atoms. The average molecular weight is 247 g/mol. The second kappa shape index (κ2) is 5.08. The van der Waals surface area contributed by atoms with Crippen LogP contribution in [0.15, 0.2) is 0 Å². The Labute approximate surface area is 103 Å². The Morgan fingerprint density at radius 1 is 1.19 bits per heavy atom. The fourth-order valence-electron chi connectivity index (χ4n) is 0.960. The summed E-state index contributed by atoms with van der Waals surface area (Å²) in [6.07, 6.45) is -0.605. The lowest BCUT2D eigenvalue weighted by Gasteiger charge is -2.32. The van der Waals surface area contributed by atoms with Crippen LogP contribution in [0.1, 0.15) is 41.5 Å².